The Bertz CT molecular complexity index is 381. The van der Waals surface area contributed by atoms with E-state index < -0.39 is 0 Å². The molecule has 0 heterocycles. The van der Waals surface area contributed by atoms with Crippen LogP contribution in [0.25, 0.3) is 0 Å². The van der Waals surface area contributed by atoms with E-state index in [4.69, 9.17) is 0 Å². The maximum Gasteiger partial charge on any atom is 0.224 e. The Balaban J connectivity index is 2.63. The summed E-state index contributed by atoms with van der Waals surface area (Å²) in [5, 5.41) is 6.02. The second-order valence-corrected chi connectivity index (χ2v) is 5.06. The molecule has 1 rings (SSSR count). The Kier molecular flexibility index (Phi) is 5.65. The summed E-state index contributed by atoms with van der Waals surface area (Å²) in [6, 6.07) is 7.94. The van der Waals surface area contributed by atoms with Gasteiger partial charge in [0.1, 0.15) is 0 Å². The second-order valence-electron chi connectivity index (χ2n) is 4.21. The van der Waals surface area contributed by atoms with Gasteiger partial charge >= 0.3 is 0 Å². The molecule has 0 saturated heterocycles. The third-order valence-electron chi connectivity index (χ3n) is 2.69. The van der Waals surface area contributed by atoms with Gasteiger partial charge in [0.2, 0.25) is 5.91 Å². The Morgan fingerprint density at radius 3 is 2.59 bits per heavy atom. The monoisotopic (exact) mass is 298 g/mol. The summed E-state index contributed by atoms with van der Waals surface area (Å²) < 4.78 is 1.02. The predicted molar refractivity (Wildman–Crippen MR) is 73.8 cm³/mol. The normalized spacial score (nSPS) is 14.1. The number of hydrogen-bond donors (Lipinski definition) is 2. The van der Waals surface area contributed by atoms with Crippen molar-refractivity contribution in [2.24, 2.45) is 5.92 Å². The van der Waals surface area contributed by atoms with Gasteiger partial charge in [-0.3, -0.25) is 4.79 Å². The lowest BCUT2D eigenvalue weighted by atomic mass is 10.1. The highest BCUT2D eigenvalue weighted by Crippen LogP contribution is 2.22. The molecule has 2 N–H and O–H groups in total. The molecule has 94 valence electrons. The summed E-state index contributed by atoms with van der Waals surface area (Å²) in [6.45, 7) is 4.59. The Labute approximate surface area is 111 Å². The summed E-state index contributed by atoms with van der Waals surface area (Å²) in [4.78, 5) is 11.9. The fourth-order valence-corrected chi connectivity index (χ4v) is 2.29. The predicted octanol–water partition coefficient (Wildman–Crippen LogP) is 2.48. The minimum Gasteiger partial charge on any atom is -0.349 e. The van der Waals surface area contributed by atoms with Crippen LogP contribution in [-0.2, 0) is 4.79 Å². The highest BCUT2D eigenvalue weighted by Gasteiger charge is 2.16. The summed E-state index contributed by atoms with van der Waals surface area (Å²) in [6.07, 6.45) is 0. The van der Waals surface area contributed by atoms with Crippen molar-refractivity contribution in [2.75, 3.05) is 13.6 Å². The zero-order valence-corrected chi connectivity index (χ0v) is 12.0. The number of rotatable bonds is 5. The highest BCUT2D eigenvalue weighted by molar-refractivity contribution is 9.10. The fraction of sp³-hybridized carbons (Fsp3) is 0.462. The van der Waals surface area contributed by atoms with Crippen LogP contribution in [0.3, 0.4) is 0 Å². The van der Waals surface area contributed by atoms with Crippen LogP contribution >= 0.6 is 15.9 Å². The molecular formula is C13H19BrN2O. The molecule has 1 aromatic carbocycles. The third kappa shape index (κ3) is 4.13. The number of nitrogens with one attached hydrogen (secondary N) is 2. The number of amides is 1. The Morgan fingerprint density at radius 2 is 2.00 bits per heavy atom. The quantitative estimate of drug-likeness (QED) is 0.877. The first-order chi connectivity index (χ1) is 8.06. The largest absolute Gasteiger partial charge is 0.349 e. The summed E-state index contributed by atoms with van der Waals surface area (Å²) in [7, 11) is 1.85. The van der Waals surface area contributed by atoms with Gasteiger partial charge in [-0.2, -0.15) is 0 Å². The molecule has 0 bridgehead atoms. The van der Waals surface area contributed by atoms with Gasteiger partial charge in [0.05, 0.1) is 6.04 Å². The van der Waals surface area contributed by atoms with Gasteiger partial charge in [0.25, 0.3) is 0 Å². The van der Waals surface area contributed by atoms with Crippen LogP contribution < -0.4 is 10.6 Å². The summed E-state index contributed by atoms with van der Waals surface area (Å²) >= 11 is 3.49. The van der Waals surface area contributed by atoms with Crippen LogP contribution in [0.2, 0.25) is 0 Å². The number of hydrogen-bond acceptors (Lipinski definition) is 2. The van der Waals surface area contributed by atoms with Crippen molar-refractivity contribution in [3.8, 4) is 0 Å². The van der Waals surface area contributed by atoms with Crippen molar-refractivity contribution < 1.29 is 4.79 Å². The van der Waals surface area contributed by atoms with Crippen LogP contribution in [0.5, 0.6) is 0 Å². The SMILES string of the molecule is CNCC(C)C(=O)N[C@@H](C)c1ccccc1Br. The van der Waals surface area contributed by atoms with Gasteiger partial charge in [0.15, 0.2) is 0 Å². The summed E-state index contributed by atoms with van der Waals surface area (Å²) in [5.74, 6) is 0.0486. The van der Waals surface area contributed by atoms with E-state index in [1.54, 1.807) is 0 Å². The number of carbonyl (C=O) groups excluding carboxylic acids is 1. The molecule has 0 aromatic heterocycles. The van der Waals surface area contributed by atoms with E-state index in [9.17, 15) is 4.79 Å². The zero-order valence-electron chi connectivity index (χ0n) is 10.5. The molecule has 0 saturated carbocycles. The van der Waals surface area contributed by atoms with Crippen molar-refractivity contribution in [3.05, 3.63) is 34.3 Å². The topological polar surface area (TPSA) is 41.1 Å². The van der Waals surface area contributed by atoms with E-state index in [1.165, 1.54) is 0 Å². The molecule has 0 radical (unpaired) electrons. The van der Waals surface area contributed by atoms with Gasteiger partial charge in [-0.25, -0.2) is 0 Å². The lowest BCUT2D eigenvalue weighted by Crippen LogP contribution is -2.35. The molecule has 17 heavy (non-hydrogen) atoms. The molecular weight excluding hydrogens is 280 g/mol. The molecule has 0 aliphatic carbocycles. The van der Waals surface area contributed by atoms with E-state index in [1.807, 2.05) is 45.2 Å². The van der Waals surface area contributed by atoms with Gasteiger partial charge in [0, 0.05) is 16.9 Å². The molecule has 0 spiro atoms. The van der Waals surface area contributed by atoms with Gasteiger partial charge in [-0.05, 0) is 25.6 Å². The van der Waals surface area contributed by atoms with Crippen LogP contribution in [0.4, 0.5) is 0 Å². The van der Waals surface area contributed by atoms with E-state index in [0.717, 1.165) is 10.0 Å². The minimum atomic E-state index is -0.0232. The molecule has 1 amide bonds. The van der Waals surface area contributed by atoms with Crippen LogP contribution in [0, 0.1) is 5.92 Å². The van der Waals surface area contributed by atoms with E-state index in [0.29, 0.717) is 6.54 Å². The average molecular weight is 299 g/mol. The van der Waals surface area contributed by atoms with Crippen molar-refractivity contribution >= 4 is 21.8 Å². The van der Waals surface area contributed by atoms with Crippen molar-refractivity contribution in [1.82, 2.24) is 10.6 Å². The molecule has 4 heteroatoms. The van der Waals surface area contributed by atoms with Crippen LogP contribution in [0.1, 0.15) is 25.5 Å². The lowest BCUT2D eigenvalue weighted by molar-refractivity contribution is -0.125. The summed E-state index contributed by atoms with van der Waals surface area (Å²) in [5.41, 5.74) is 1.09. The number of halogens is 1. The van der Waals surface area contributed by atoms with E-state index >= 15 is 0 Å². The first kappa shape index (κ1) is 14.2. The Hall–Kier alpha value is -0.870. The molecule has 0 aliphatic rings. The highest BCUT2D eigenvalue weighted by atomic mass is 79.9. The van der Waals surface area contributed by atoms with E-state index in [-0.39, 0.29) is 17.9 Å². The Morgan fingerprint density at radius 1 is 1.35 bits per heavy atom. The third-order valence-corrected chi connectivity index (χ3v) is 3.41. The number of carbonyl (C=O) groups is 1. The maximum atomic E-state index is 11.9. The fourth-order valence-electron chi connectivity index (χ4n) is 1.66. The average Bonchev–Trinajstić information content (AvgIpc) is 2.29. The molecule has 0 aliphatic heterocycles. The van der Waals surface area contributed by atoms with Crippen molar-refractivity contribution in [1.29, 1.82) is 0 Å². The number of benzene rings is 1. The maximum absolute atomic E-state index is 11.9. The van der Waals surface area contributed by atoms with Gasteiger partial charge in [-0.15, -0.1) is 0 Å². The standard InChI is InChI=1S/C13H19BrN2O/c1-9(8-15-3)13(17)16-10(2)11-6-4-5-7-12(11)14/h4-7,9-10,15H,8H2,1-3H3,(H,16,17)/t9?,10-/m0/s1. The molecule has 3 nitrogen and oxygen atoms in total. The lowest BCUT2D eigenvalue weighted by Gasteiger charge is -2.18. The zero-order chi connectivity index (χ0) is 12.8. The van der Waals surface area contributed by atoms with Crippen molar-refractivity contribution in [2.45, 2.75) is 19.9 Å². The molecule has 1 unspecified atom stereocenters. The second kappa shape index (κ2) is 6.77. The van der Waals surface area contributed by atoms with E-state index in [2.05, 4.69) is 26.6 Å². The molecule has 0 fully saturated rings. The van der Waals surface area contributed by atoms with Gasteiger partial charge < -0.3 is 10.6 Å². The van der Waals surface area contributed by atoms with Crippen LogP contribution in [0.15, 0.2) is 28.7 Å². The first-order valence-corrected chi connectivity index (χ1v) is 6.55. The van der Waals surface area contributed by atoms with Crippen molar-refractivity contribution in [3.63, 3.8) is 0 Å². The smallest absolute Gasteiger partial charge is 0.224 e. The molecule has 2 atom stereocenters. The minimum absolute atomic E-state index is 0.0115. The van der Waals surface area contributed by atoms with Crippen LogP contribution in [-0.4, -0.2) is 19.5 Å². The van der Waals surface area contributed by atoms with Gasteiger partial charge in [-0.1, -0.05) is 41.1 Å². The molecule has 1 aromatic rings. The first-order valence-electron chi connectivity index (χ1n) is 5.75.